The number of nitrogens with zero attached hydrogens (tertiary/aromatic N) is 1. The summed E-state index contributed by atoms with van der Waals surface area (Å²) in [6, 6.07) is 5.67. The van der Waals surface area contributed by atoms with Crippen molar-refractivity contribution < 1.29 is 4.79 Å². The van der Waals surface area contributed by atoms with Gasteiger partial charge in [-0.3, -0.25) is 4.79 Å². The Balaban J connectivity index is 2.42. The monoisotopic (exact) mass is 233 g/mol. The number of benzene rings is 1. The number of carbonyl (C=O) groups excluding carboxylic acids is 1. The molecule has 0 aliphatic carbocycles. The highest BCUT2D eigenvalue weighted by molar-refractivity contribution is 6.03. The highest BCUT2D eigenvalue weighted by atomic mass is 16.2. The van der Waals surface area contributed by atoms with Crippen molar-refractivity contribution in [2.75, 3.05) is 24.1 Å². The van der Waals surface area contributed by atoms with Gasteiger partial charge in [0.15, 0.2) is 0 Å². The fourth-order valence-corrected chi connectivity index (χ4v) is 2.22. The number of nitrogens with two attached hydrogens (primary N) is 1. The smallest absolute Gasteiger partial charge is 0.256 e. The largest absolute Gasteiger partial charge is 0.397 e. The minimum absolute atomic E-state index is 0.0756. The molecule has 0 saturated heterocycles. The van der Waals surface area contributed by atoms with Gasteiger partial charge >= 0.3 is 0 Å². The molecule has 1 amide bonds. The van der Waals surface area contributed by atoms with Crippen LogP contribution in [0.3, 0.4) is 0 Å². The van der Waals surface area contributed by atoms with Crippen molar-refractivity contribution in [3.63, 3.8) is 0 Å². The lowest BCUT2D eigenvalue weighted by Gasteiger charge is -2.26. The molecule has 3 N–H and O–H groups in total. The van der Waals surface area contributed by atoms with E-state index in [9.17, 15) is 4.79 Å². The molecule has 1 heterocycles. The number of amides is 1. The number of carbonyl (C=O) groups is 1. The number of nitrogen functional groups attached to an aromatic ring is 1. The summed E-state index contributed by atoms with van der Waals surface area (Å²) in [7, 11) is 0. The number of rotatable bonds is 2. The fourth-order valence-electron chi connectivity index (χ4n) is 2.22. The Morgan fingerprint density at radius 2 is 2.29 bits per heavy atom. The third kappa shape index (κ3) is 2.07. The van der Waals surface area contributed by atoms with Gasteiger partial charge in [0.05, 0.1) is 16.9 Å². The molecule has 0 fully saturated rings. The minimum Gasteiger partial charge on any atom is -0.397 e. The molecule has 1 aliphatic rings. The zero-order valence-electron chi connectivity index (χ0n) is 10.4. The molecule has 4 heteroatoms. The van der Waals surface area contributed by atoms with Crippen LogP contribution in [0.2, 0.25) is 0 Å². The van der Waals surface area contributed by atoms with Crippen molar-refractivity contribution in [2.24, 2.45) is 0 Å². The van der Waals surface area contributed by atoms with Gasteiger partial charge in [-0.25, -0.2) is 0 Å². The standard InChI is InChI=1S/C13H19N3O/c1-3-7-16-9(2)8-15-12-10(13(16)17)5-4-6-11(12)14/h4-6,9,15H,3,7-8,14H2,1-2H3. The van der Waals surface area contributed by atoms with Crippen LogP contribution >= 0.6 is 0 Å². The van der Waals surface area contributed by atoms with E-state index in [1.807, 2.05) is 23.1 Å². The first-order valence-corrected chi connectivity index (χ1v) is 6.08. The van der Waals surface area contributed by atoms with Gasteiger partial charge in [0.25, 0.3) is 5.91 Å². The maximum absolute atomic E-state index is 12.4. The Hall–Kier alpha value is -1.71. The highest BCUT2D eigenvalue weighted by Crippen LogP contribution is 2.28. The van der Waals surface area contributed by atoms with Crippen molar-refractivity contribution >= 4 is 17.3 Å². The van der Waals surface area contributed by atoms with Crippen LogP contribution in [0.4, 0.5) is 11.4 Å². The average molecular weight is 233 g/mol. The van der Waals surface area contributed by atoms with E-state index in [0.717, 1.165) is 25.2 Å². The molecule has 1 atom stereocenters. The van der Waals surface area contributed by atoms with Gasteiger partial charge < -0.3 is 16.0 Å². The van der Waals surface area contributed by atoms with E-state index in [4.69, 9.17) is 5.73 Å². The molecular formula is C13H19N3O. The third-order valence-corrected chi connectivity index (χ3v) is 3.16. The van der Waals surface area contributed by atoms with Gasteiger partial charge in [-0.05, 0) is 25.5 Å². The Labute approximate surface area is 102 Å². The molecule has 0 bridgehead atoms. The molecule has 92 valence electrons. The van der Waals surface area contributed by atoms with Crippen LogP contribution in [0.1, 0.15) is 30.6 Å². The summed E-state index contributed by atoms with van der Waals surface area (Å²) in [5.74, 6) is 0.0756. The Kier molecular flexibility index (Phi) is 3.22. The minimum atomic E-state index is 0.0756. The summed E-state index contributed by atoms with van der Waals surface area (Å²) >= 11 is 0. The van der Waals surface area contributed by atoms with Crippen molar-refractivity contribution in [3.8, 4) is 0 Å². The highest BCUT2D eigenvalue weighted by Gasteiger charge is 2.27. The van der Waals surface area contributed by atoms with Gasteiger partial charge in [-0.1, -0.05) is 13.0 Å². The summed E-state index contributed by atoms with van der Waals surface area (Å²) in [5, 5.41) is 3.27. The van der Waals surface area contributed by atoms with Crippen molar-refractivity contribution in [2.45, 2.75) is 26.3 Å². The van der Waals surface area contributed by atoms with Crippen molar-refractivity contribution in [1.82, 2.24) is 4.90 Å². The lowest BCUT2D eigenvalue weighted by molar-refractivity contribution is 0.0708. The number of nitrogens with one attached hydrogen (secondary N) is 1. The lowest BCUT2D eigenvalue weighted by Crippen LogP contribution is -2.40. The van der Waals surface area contributed by atoms with Crippen LogP contribution in [0.15, 0.2) is 18.2 Å². The molecule has 1 aromatic carbocycles. The summed E-state index contributed by atoms with van der Waals surface area (Å²) < 4.78 is 0. The van der Waals surface area contributed by atoms with Crippen LogP contribution in [-0.2, 0) is 0 Å². The molecule has 0 saturated carbocycles. The van der Waals surface area contributed by atoms with Gasteiger partial charge in [0, 0.05) is 19.1 Å². The normalized spacial score (nSPS) is 19.5. The fraction of sp³-hybridized carbons (Fsp3) is 0.462. The molecule has 1 unspecified atom stereocenters. The molecule has 17 heavy (non-hydrogen) atoms. The van der Waals surface area contributed by atoms with E-state index in [1.54, 1.807) is 0 Å². The molecule has 2 rings (SSSR count). The van der Waals surface area contributed by atoms with E-state index in [1.165, 1.54) is 0 Å². The zero-order valence-corrected chi connectivity index (χ0v) is 10.4. The molecule has 0 aromatic heterocycles. The molecule has 0 spiro atoms. The summed E-state index contributed by atoms with van der Waals surface area (Å²) in [6.45, 7) is 5.67. The quantitative estimate of drug-likeness (QED) is 0.767. The van der Waals surface area contributed by atoms with Crippen molar-refractivity contribution in [3.05, 3.63) is 23.8 Å². The summed E-state index contributed by atoms with van der Waals surface area (Å²) in [4.78, 5) is 14.3. The van der Waals surface area contributed by atoms with Crippen LogP contribution in [-0.4, -0.2) is 29.9 Å². The second-order valence-electron chi connectivity index (χ2n) is 4.50. The lowest BCUT2D eigenvalue weighted by atomic mass is 10.1. The Morgan fingerprint density at radius 3 is 3.00 bits per heavy atom. The average Bonchev–Trinajstić information content (AvgIpc) is 2.43. The molecule has 1 aromatic rings. The van der Waals surface area contributed by atoms with Gasteiger partial charge in [-0.15, -0.1) is 0 Å². The third-order valence-electron chi connectivity index (χ3n) is 3.16. The van der Waals surface area contributed by atoms with E-state index in [2.05, 4.69) is 19.2 Å². The zero-order chi connectivity index (χ0) is 12.4. The van der Waals surface area contributed by atoms with E-state index in [-0.39, 0.29) is 11.9 Å². The maximum atomic E-state index is 12.4. The Morgan fingerprint density at radius 1 is 1.53 bits per heavy atom. The first-order valence-electron chi connectivity index (χ1n) is 6.08. The predicted octanol–water partition coefficient (Wildman–Crippen LogP) is 1.93. The molecule has 1 aliphatic heterocycles. The first-order chi connectivity index (χ1) is 8.15. The summed E-state index contributed by atoms with van der Waals surface area (Å²) in [6.07, 6.45) is 0.966. The van der Waals surface area contributed by atoms with Crippen LogP contribution in [0.5, 0.6) is 0 Å². The molecule has 4 nitrogen and oxygen atoms in total. The first kappa shape index (κ1) is 11.8. The molecular weight excluding hydrogens is 214 g/mol. The van der Waals surface area contributed by atoms with Gasteiger partial charge in [0.1, 0.15) is 0 Å². The van der Waals surface area contributed by atoms with Gasteiger partial charge in [-0.2, -0.15) is 0 Å². The number of anilines is 2. The van der Waals surface area contributed by atoms with Crippen molar-refractivity contribution in [1.29, 1.82) is 0 Å². The summed E-state index contributed by atoms with van der Waals surface area (Å²) in [5.41, 5.74) is 8.01. The second-order valence-corrected chi connectivity index (χ2v) is 4.50. The van der Waals surface area contributed by atoms with Gasteiger partial charge in [0.2, 0.25) is 0 Å². The van der Waals surface area contributed by atoms with E-state index < -0.39 is 0 Å². The number of fused-ring (bicyclic) bond motifs is 1. The number of para-hydroxylation sites is 1. The second kappa shape index (κ2) is 4.65. The topological polar surface area (TPSA) is 58.4 Å². The SMILES string of the molecule is CCCN1C(=O)c2cccc(N)c2NCC1C. The van der Waals surface area contributed by atoms with Crippen LogP contribution in [0, 0.1) is 0 Å². The van der Waals surface area contributed by atoms with E-state index >= 15 is 0 Å². The Bertz CT molecular complexity index is 431. The number of hydrogen-bond donors (Lipinski definition) is 2. The number of hydrogen-bond acceptors (Lipinski definition) is 3. The van der Waals surface area contributed by atoms with E-state index in [0.29, 0.717) is 11.3 Å². The predicted molar refractivity (Wildman–Crippen MR) is 70.1 cm³/mol. The maximum Gasteiger partial charge on any atom is 0.256 e. The molecule has 0 radical (unpaired) electrons. The van der Waals surface area contributed by atoms with Crippen LogP contribution < -0.4 is 11.1 Å². The van der Waals surface area contributed by atoms with Crippen LogP contribution in [0.25, 0.3) is 0 Å².